The zero-order valence-electron chi connectivity index (χ0n) is 13.5. The average Bonchev–Trinajstić information content (AvgIpc) is 3.11. The Morgan fingerprint density at radius 1 is 1.19 bits per heavy atom. The van der Waals surface area contributed by atoms with E-state index >= 15 is 0 Å². The van der Waals surface area contributed by atoms with Crippen molar-refractivity contribution in [2.24, 2.45) is 0 Å². The summed E-state index contributed by atoms with van der Waals surface area (Å²) in [5, 5.41) is 16.9. The number of para-hydroxylation sites is 2. The van der Waals surface area contributed by atoms with Crippen LogP contribution >= 0.6 is 0 Å². The molecule has 0 aliphatic heterocycles. The lowest BCUT2D eigenvalue weighted by Crippen LogP contribution is -2.20. The second-order valence-electron chi connectivity index (χ2n) is 5.27. The maximum Gasteiger partial charge on any atom is 0.310 e. The number of nitrogens with zero attached hydrogens (tertiary/aromatic N) is 2. The number of carbonyl (C=O) groups is 1. The average molecular weight is 375 g/mol. The molecule has 3 aromatic rings. The number of aromatic nitrogens is 1. The van der Waals surface area contributed by atoms with Crippen molar-refractivity contribution in [1.82, 2.24) is 5.16 Å². The van der Waals surface area contributed by atoms with Gasteiger partial charge in [-0.25, -0.2) is 8.78 Å². The van der Waals surface area contributed by atoms with Crippen LogP contribution in [0.15, 0.2) is 53.1 Å². The van der Waals surface area contributed by atoms with Gasteiger partial charge in [0.1, 0.15) is 5.69 Å². The van der Waals surface area contributed by atoms with Gasteiger partial charge in [-0.15, -0.1) is 0 Å². The third kappa shape index (κ3) is 4.24. The fourth-order valence-corrected chi connectivity index (χ4v) is 2.17. The lowest BCUT2D eigenvalue weighted by molar-refractivity contribution is -0.385. The quantitative estimate of drug-likeness (QED) is 0.521. The molecule has 0 fully saturated rings. The molecule has 138 valence electrons. The molecule has 1 amide bonds. The van der Waals surface area contributed by atoms with E-state index in [1.165, 1.54) is 36.4 Å². The van der Waals surface area contributed by atoms with Crippen LogP contribution in [0.25, 0.3) is 11.3 Å². The van der Waals surface area contributed by atoms with E-state index in [0.717, 1.165) is 12.1 Å². The number of amides is 1. The van der Waals surface area contributed by atoms with Crippen molar-refractivity contribution >= 4 is 17.5 Å². The summed E-state index contributed by atoms with van der Waals surface area (Å²) in [6.07, 6.45) is 0. The maximum absolute atomic E-state index is 13.3. The summed E-state index contributed by atoms with van der Waals surface area (Å²) in [6.45, 7) is -0.508. The first-order valence-electron chi connectivity index (χ1n) is 7.52. The number of hydrogen-bond acceptors (Lipinski definition) is 6. The van der Waals surface area contributed by atoms with Crippen LogP contribution in [0.4, 0.5) is 20.4 Å². The van der Waals surface area contributed by atoms with Crippen molar-refractivity contribution in [2.75, 3.05) is 11.9 Å². The molecule has 0 spiro atoms. The molecule has 0 radical (unpaired) electrons. The van der Waals surface area contributed by atoms with Crippen LogP contribution in [0.5, 0.6) is 5.75 Å². The van der Waals surface area contributed by atoms with Crippen molar-refractivity contribution in [3.05, 3.63) is 70.3 Å². The van der Waals surface area contributed by atoms with Crippen molar-refractivity contribution in [3.8, 4) is 17.0 Å². The Morgan fingerprint density at radius 2 is 1.96 bits per heavy atom. The third-order valence-electron chi connectivity index (χ3n) is 3.41. The number of benzene rings is 2. The van der Waals surface area contributed by atoms with E-state index in [4.69, 9.17) is 9.26 Å². The molecule has 8 nitrogen and oxygen atoms in total. The standard InChI is InChI=1S/C17H11F2N3O5/c18-11-6-5-10(7-12(11)19)13-8-17(27-21-13)20-16(23)9-26-15-4-2-1-3-14(15)22(24)25/h1-8H,9H2,(H,20,23). The fraction of sp³-hybridized carbons (Fsp3) is 0.0588. The Kier molecular flexibility index (Phi) is 5.06. The first kappa shape index (κ1) is 18.0. The van der Waals surface area contributed by atoms with Gasteiger partial charge in [0.25, 0.3) is 5.91 Å². The van der Waals surface area contributed by atoms with Gasteiger partial charge in [0.2, 0.25) is 5.88 Å². The molecule has 10 heteroatoms. The summed E-state index contributed by atoms with van der Waals surface area (Å²) in [5.74, 6) is -2.80. The van der Waals surface area contributed by atoms with Crippen LogP contribution < -0.4 is 10.1 Å². The largest absolute Gasteiger partial charge is 0.477 e. The van der Waals surface area contributed by atoms with Crippen LogP contribution in [0.3, 0.4) is 0 Å². The van der Waals surface area contributed by atoms with E-state index in [2.05, 4.69) is 10.5 Å². The number of halogens is 2. The van der Waals surface area contributed by atoms with Crippen LogP contribution in [0.2, 0.25) is 0 Å². The molecular weight excluding hydrogens is 364 g/mol. The number of hydrogen-bond donors (Lipinski definition) is 1. The van der Waals surface area contributed by atoms with Crippen LogP contribution in [-0.4, -0.2) is 22.6 Å². The minimum absolute atomic E-state index is 0.0501. The molecule has 0 unspecified atom stereocenters. The van der Waals surface area contributed by atoms with Gasteiger partial charge in [0, 0.05) is 17.7 Å². The molecular formula is C17H11F2N3O5. The fourth-order valence-electron chi connectivity index (χ4n) is 2.17. The SMILES string of the molecule is O=C(COc1ccccc1[N+](=O)[O-])Nc1cc(-c2ccc(F)c(F)c2)no1. The summed E-state index contributed by atoms with van der Waals surface area (Å²) in [7, 11) is 0. The molecule has 0 aliphatic carbocycles. The molecule has 1 aromatic heterocycles. The van der Waals surface area contributed by atoms with Gasteiger partial charge in [-0.05, 0) is 24.3 Å². The number of nitrogens with one attached hydrogen (secondary N) is 1. The number of carbonyl (C=O) groups excluding carboxylic acids is 1. The number of anilines is 1. The monoisotopic (exact) mass is 375 g/mol. The Hall–Kier alpha value is -3.82. The van der Waals surface area contributed by atoms with Crippen LogP contribution in [0, 0.1) is 21.7 Å². The van der Waals surface area contributed by atoms with Gasteiger partial charge in [0.15, 0.2) is 24.0 Å². The Morgan fingerprint density at radius 3 is 2.70 bits per heavy atom. The lowest BCUT2D eigenvalue weighted by Gasteiger charge is -2.05. The predicted molar refractivity (Wildman–Crippen MR) is 89.1 cm³/mol. The van der Waals surface area contributed by atoms with Gasteiger partial charge < -0.3 is 9.26 Å². The molecule has 0 bridgehead atoms. The van der Waals surface area contributed by atoms with Crippen LogP contribution in [0.1, 0.15) is 0 Å². The van der Waals surface area contributed by atoms with E-state index in [9.17, 15) is 23.7 Å². The number of nitro groups is 1. The van der Waals surface area contributed by atoms with Crippen molar-refractivity contribution in [3.63, 3.8) is 0 Å². The lowest BCUT2D eigenvalue weighted by atomic mass is 10.1. The predicted octanol–water partition coefficient (Wildman–Crippen LogP) is 3.55. The molecule has 0 saturated carbocycles. The number of rotatable bonds is 6. The molecule has 1 N–H and O–H groups in total. The molecule has 1 heterocycles. The Bertz CT molecular complexity index is 1010. The summed E-state index contributed by atoms with van der Waals surface area (Å²) >= 11 is 0. The van der Waals surface area contributed by atoms with Crippen molar-refractivity contribution in [1.29, 1.82) is 0 Å². The summed E-state index contributed by atoms with van der Waals surface area (Å²) < 4.78 is 36.3. The Balaban J connectivity index is 1.63. The highest BCUT2D eigenvalue weighted by Crippen LogP contribution is 2.26. The number of ether oxygens (including phenoxy) is 1. The van der Waals surface area contributed by atoms with Gasteiger partial charge in [-0.3, -0.25) is 20.2 Å². The topological polar surface area (TPSA) is 108 Å². The number of nitro benzene ring substituents is 1. The van der Waals surface area contributed by atoms with Gasteiger partial charge >= 0.3 is 5.69 Å². The molecule has 0 atom stereocenters. The third-order valence-corrected chi connectivity index (χ3v) is 3.41. The second-order valence-corrected chi connectivity index (χ2v) is 5.27. The van der Waals surface area contributed by atoms with E-state index in [1.807, 2.05) is 0 Å². The first-order valence-corrected chi connectivity index (χ1v) is 7.52. The zero-order chi connectivity index (χ0) is 19.4. The van der Waals surface area contributed by atoms with Gasteiger partial charge in [-0.1, -0.05) is 17.3 Å². The molecule has 2 aromatic carbocycles. The second kappa shape index (κ2) is 7.60. The Labute approximate surface area is 150 Å². The molecule has 27 heavy (non-hydrogen) atoms. The highest BCUT2D eigenvalue weighted by Gasteiger charge is 2.16. The zero-order valence-corrected chi connectivity index (χ0v) is 13.5. The van der Waals surface area contributed by atoms with E-state index < -0.39 is 29.1 Å². The van der Waals surface area contributed by atoms with Crippen molar-refractivity contribution < 1.29 is 27.8 Å². The maximum atomic E-state index is 13.3. The van der Waals surface area contributed by atoms with Gasteiger partial charge in [-0.2, -0.15) is 0 Å². The smallest absolute Gasteiger partial charge is 0.310 e. The first-order chi connectivity index (χ1) is 12.9. The van der Waals surface area contributed by atoms with Gasteiger partial charge in [0.05, 0.1) is 4.92 Å². The van der Waals surface area contributed by atoms with Crippen LogP contribution in [-0.2, 0) is 4.79 Å². The normalized spacial score (nSPS) is 10.4. The summed E-state index contributed by atoms with van der Waals surface area (Å²) in [6, 6.07) is 10.1. The molecule has 3 rings (SSSR count). The summed E-state index contributed by atoms with van der Waals surface area (Å²) in [4.78, 5) is 22.2. The minimum Gasteiger partial charge on any atom is -0.477 e. The molecule has 0 saturated heterocycles. The summed E-state index contributed by atoms with van der Waals surface area (Å²) in [5.41, 5.74) is 0.170. The van der Waals surface area contributed by atoms with E-state index in [0.29, 0.717) is 0 Å². The van der Waals surface area contributed by atoms with E-state index in [-0.39, 0.29) is 28.6 Å². The minimum atomic E-state index is -1.04. The molecule has 0 aliphatic rings. The van der Waals surface area contributed by atoms with E-state index in [1.54, 1.807) is 0 Å². The van der Waals surface area contributed by atoms with Crippen molar-refractivity contribution in [2.45, 2.75) is 0 Å². The highest BCUT2D eigenvalue weighted by molar-refractivity contribution is 5.91. The highest BCUT2D eigenvalue weighted by atomic mass is 19.2.